The second-order valence-corrected chi connectivity index (χ2v) is 5.31. The molecule has 2 aromatic carbocycles. The van der Waals surface area contributed by atoms with Gasteiger partial charge in [0.15, 0.2) is 0 Å². The number of fused-ring (bicyclic) bond motifs is 1. The van der Waals surface area contributed by atoms with E-state index in [0.717, 1.165) is 28.9 Å². The molecule has 1 aliphatic heterocycles. The predicted octanol–water partition coefficient (Wildman–Crippen LogP) is 3.72. The molecule has 3 nitrogen and oxygen atoms in total. The highest BCUT2D eigenvalue weighted by Crippen LogP contribution is 2.29. The first-order chi connectivity index (χ1) is 10.2. The normalized spacial score (nSPS) is 16.1. The van der Waals surface area contributed by atoms with Gasteiger partial charge in [0.1, 0.15) is 5.82 Å². The van der Waals surface area contributed by atoms with E-state index < -0.39 is 0 Å². The first-order valence-electron chi connectivity index (χ1n) is 6.99. The molecule has 0 unspecified atom stereocenters. The average molecular weight is 284 g/mol. The van der Waals surface area contributed by atoms with E-state index in [1.54, 1.807) is 12.1 Å². The summed E-state index contributed by atoms with van der Waals surface area (Å²) >= 11 is 0. The summed E-state index contributed by atoms with van der Waals surface area (Å²) in [4.78, 5) is 2.20. The highest BCUT2D eigenvalue weighted by Gasteiger charge is 2.22. The van der Waals surface area contributed by atoms with Crippen molar-refractivity contribution in [2.75, 3.05) is 11.4 Å². The molecule has 1 N–H and O–H groups in total. The van der Waals surface area contributed by atoms with Crippen LogP contribution >= 0.6 is 0 Å². The molecule has 0 atom stereocenters. The van der Waals surface area contributed by atoms with Crippen LogP contribution in [0.2, 0.25) is 0 Å². The zero-order chi connectivity index (χ0) is 14.8. The largest absolute Gasteiger partial charge is 0.411 e. The number of rotatable bonds is 2. The second kappa shape index (κ2) is 5.56. The summed E-state index contributed by atoms with van der Waals surface area (Å²) < 4.78 is 13.4. The van der Waals surface area contributed by atoms with Gasteiger partial charge in [-0.25, -0.2) is 4.39 Å². The standard InChI is InChI=1S/C17H17FN2O/c1-12-6-7-14(18)10-13(12)11-20-9-8-16(19-21)15-4-2-3-5-17(15)20/h2-7,10,21H,8-9,11H2,1H3/b19-16-. The molecule has 4 heteroatoms. The van der Waals surface area contributed by atoms with Crippen LogP contribution in [0, 0.1) is 12.7 Å². The van der Waals surface area contributed by atoms with E-state index >= 15 is 0 Å². The Hall–Kier alpha value is -2.36. The highest BCUT2D eigenvalue weighted by molar-refractivity contribution is 6.06. The smallest absolute Gasteiger partial charge is 0.123 e. The third-order valence-corrected chi connectivity index (χ3v) is 3.97. The SMILES string of the molecule is Cc1ccc(F)cc1CN1CC/C(=N/O)c2ccccc21. The molecule has 3 rings (SSSR count). The number of oxime groups is 1. The summed E-state index contributed by atoms with van der Waals surface area (Å²) in [5, 5.41) is 12.5. The molecule has 0 fully saturated rings. The zero-order valence-electron chi connectivity index (χ0n) is 11.9. The van der Waals surface area contributed by atoms with Crippen LogP contribution in [0.25, 0.3) is 0 Å². The number of benzene rings is 2. The quantitative estimate of drug-likeness (QED) is 0.674. The van der Waals surface area contributed by atoms with Gasteiger partial charge in [-0.15, -0.1) is 0 Å². The van der Waals surface area contributed by atoms with Crippen molar-refractivity contribution in [3.63, 3.8) is 0 Å². The number of nitrogens with zero attached hydrogens (tertiary/aromatic N) is 2. The van der Waals surface area contributed by atoms with Crippen molar-refractivity contribution in [1.29, 1.82) is 0 Å². The van der Waals surface area contributed by atoms with Crippen molar-refractivity contribution >= 4 is 11.4 Å². The second-order valence-electron chi connectivity index (χ2n) is 5.31. The highest BCUT2D eigenvalue weighted by atomic mass is 19.1. The van der Waals surface area contributed by atoms with Gasteiger partial charge in [-0.05, 0) is 36.2 Å². The number of anilines is 1. The van der Waals surface area contributed by atoms with Crippen LogP contribution in [0.3, 0.4) is 0 Å². The molecule has 1 heterocycles. The number of hydrogen-bond acceptors (Lipinski definition) is 3. The molecular formula is C17H17FN2O. The molecule has 0 saturated carbocycles. The van der Waals surface area contributed by atoms with Gasteiger partial charge in [-0.2, -0.15) is 0 Å². The van der Waals surface area contributed by atoms with Crippen molar-refractivity contribution in [2.45, 2.75) is 19.9 Å². The molecule has 0 radical (unpaired) electrons. The van der Waals surface area contributed by atoms with E-state index in [9.17, 15) is 4.39 Å². The molecule has 0 aromatic heterocycles. The zero-order valence-corrected chi connectivity index (χ0v) is 11.9. The Kier molecular flexibility index (Phi) is 3.60. The lowest BCUT2D eigenvalue weighted by Gasteiger charge is -2.32. The number of para-hydroxylation sites is 1. The lowest BCUT2D eigenvalue weighted by atomic mass is 9.98. The van der Waals surface area contributed by atoms with Crippen LogP contribution in [-0.4, -0.2) is 17.5 Å². The van der Waals surface area contributed by atoms with Gasteiger partial charge in [0, 0.05) is 30.8 Å². The lowest BCUT2D eigenvalue weighted by molar-refractivity contribution is 0.317. The van der Waals surface area contributed by atoms with Gasteiger partial charge in [-0.3, -0.25) is 0 Å². The minimum Gasteiger partial charge on any atom is -0.411 e. The minimum absolute atomic E-state index is 0.210. The monoisotopic (exact) mass is 284 g/mol. The summed E-state index contributed by atoms with van der Waals surface area (Å²) in [6, 6.07) is 12.7. The number of aryl methyl sites for hydroxylation is 1. The summed E-state index contributed by atoms with van der Waals surface area (Å²) in [6.07, 6.45) is 0.682. The van der Waals surface area contributed by atoms with E-state index in [4.69, 9.17) is 5.21 Å². The van der Waals surface area contributed by atoms with Gasteiger partial charge in [0.25, 0.3) is 0 Å². The van der Waals surface area contributed by atoms with Gasteiger partial charge in [0.05, 0.1) is 5.71 Å². The molecule has 0 bridgehead atoms. The van der Waals surface area contributed by atoms with Crippen molar-refractivity contribution in [1.82, 2.24) is 0 Å². The molecular weight excluding hydrogens is 267 g/mol. The molecule has 108 valence electrons. The Morgan fingerprint density at radius 3 is 2.86 bits per heavy atom. The lowest BCUT2D eigenvalue weighted by Crippen LogP contribution is -2.32. The average Bonchev–Trinajstić information content (AvgIpc) is 2.51. The van der Waals surface area contributed by atoms with Crippen LogP contribution in [0.4, 0.5) is 10.1 Å². The molecule has 1 aliphatic rings. The molecule has 21 heavy (non-hydrogen) atoms. The van der Waals surface area contributed by atoms with E-state index in [1.165, 1.54) is 6.07 Å². The molecule has 0 aliphatic carbocycles. The van der Waals surface area contributed by atoms with Crippen molar-refractivity contribution < 1.29 is 9.60 Å². The van der Waals surface area contributed by atoms with Gasteiger partial charge < -0.3 is 10.1 Å². The van der Waals surface area contributed by atoms with E-state index in [2.05, 4.69) is 10.1 Å². The minimum atomic E-state index is -0.210. The predicted molar refractivity (Wildman–Crippen MR) is 81.6 cm³/mol. The van der Waals surface area contributed by atoms with Crippen LogP contribution in [0.15, 0.2) is 47.6 Å². The molecule has 2 aromatic rings. The van der Waals surface area contributed by atoms with Gasteiger partial charge >= 0.3 is 0 Å². The maximum Gasteiger partial charge on any atom is 0.123 e. The molecule has 0 spiro atoms. The molecule has 0 saturated heterocycles. The Bertz CT molecular complexity index is 697. The van der Waals surface area contributed by atoms with Crippen molar-refractivity contribution in [3.8, 4) is 0 Å². The first kappa shape index (κ1) is 13.6. The van der Waals surface area contributed by atoms with E-state index in [-0.39, 0.29) is 5.82 Å². The van der Waals surface area contributed by atoms with Crippen LogP contribution in [-0.2, 0) is 6.54 Å². The molecule has 0 amide bonds. The fraction of sp³-hybridized carbons (Fsp3) is 0.235. The third-order valence-electron chi connectivity index (χ3n) is 3.97. The van der Waals surface area contributed by atoms with E-state index in [1.807, 2.05) is 31.2 Å². The van der Waals surface area contributed by atoms with Gasteiger partial charge in [0.2, 0.25) is 0 Å². The fourth-order valence-electron chi connectivity index (χ4n) is 2.77. The summed E-state index contributed by atoms with van der Waals surface area (Å²) in [7, 11) is 0. The van der Waals surface area contributed by atoms with Crippen molar-refractivity contribution in [2.24, 2.45) is 5.16 Å². The first-order valence-corrected chi connectivity index (χ1v) is 6.99. The van der Waals surface area contributed by atoms with Crippen LogP contribution < -0.4 is 4.90 Å². The Morgan fingerprint density at radius 1 is 1.24 bits per heavy atom. The van der Waals surface area contributed by atoms with E-state index in [0.29, 0.717) is 18.7 Å². The maximum atomic E-state index is 13.4. The van der Waals surface area contributed by atoms with Crippen molar-refractivity contribution in [3.05, 3.63) is 65.0 Å². The Labute approximate surface area is 123 Å². The number of halogens is 1. The number of hydrogen-bond donors (Lipinski definition) is 1. The summed E-state index contributed by atoms with van der Waals surface area (Å²) in [5.74, 6) is -0.210. The maximum absolute atomic E-state index is 13.4. The topological polar surface area (TPSA) is 35.8 Å². The summed E-state index contributed by atoms with van der Waals surface area (Å²) in [6.45, 7) is 3.40. The Balaban J connectivity index is 1.95. The Morgan fingerprint density at radius 2 is 2.05 bits per heavy atom. The van der Waals surface area contributed by atoms with Crippen LogP contribution in [0.5, 0.6) is 0 Å². The third kappa shape index (κ3) is 2.61. The van der Waals surface area contributed by atoms with Crippen LogP contribution in [0.1, 0.15) is 23.1 Å². The van der Waals surface area contributed by atoms with Gasteiger partial charge in [-0.1, -0.05) is 29.4 Å². The summed E-state index contributed by atoms with van der Waals surface area (Å²) in [5.41, 5.74) is 4.74. The fourth-order valence-corrected chi connectivity index (χ4v) is 2.77.